The largest absolute Gasteiger partial charge is 0.311 e. The summed E-state index contributed by atoms with van der Waals surface area (Å²) in [6.45, 7) is 62.9. The molecule has 16 rings (SSSR count). The van der Waals surface area contributed by atoms with Gasteiger partial charge in [0.05, 0.1) is 22.1 Å². The zero-order chi connectivity index (χ0) is 80.9. The van der Waals surface area contributed by atoms with E-state index in [0.717, 1.165) is 51.1 Å². The lowest BCUT2D eigenvalue weighted by molar-refractivity contribution is 0.568. The molecule has 2 aliphatic heterocycles. The van der Waals surface area contributed by atoms with Gasteiger partial charge in [0.15, 0.2) is 0 Å². The minimum absolute atomic E-state index is 0.0344. The topological polar surface area (TPSA) is 16.3 Å². The Balaban J connectivity index is 1.01. The molecular weight excluding hydrogens is 1360 g/mol. The number of nitrogens with zero attached hydrogens (tertiary/aromatic N) is 4. The molecule has 0 amide bonds. The molecule has 0 atom stereocenters. The summed E-state index contributed by atoms with van der Waals surface area (Å²) in [6, 6.07) is 92.3. The van der Waals surface area contributed by atoms with Crippen LogP contribution in [0.15, 0.2) is 231 Å². The first kappa shape index (κ1) is 76.9. The summed E-state index contributed by atoms with van der Waals surface area (Å²) in [5, 5.41) is 5.10. The molecule has 0 fully saturated rings. The second kappa shape index (κ2) is 26.2. The van der Waals surface area contributed by atoms with Crippen LogP contribution >= 0.6 is 0 Å². The highest BCUT2D eigenvalue weighted by molar-refractivity contribution is 7.00. The fraction of sp³-hybridized carbons (Fsp3) is 0.333. The number of rotatable bonds is 7. The molecule has 113 heavy (non-hydrogen) atoms. The van der Waals surface area contributed by atoms with Crippen LogP contribution in [0.4, 0.5) is 34.1 Å². The third-order valence-electron chi connectivity index (χ3n) is 24.9. The van der Waals surface area contributed by atoms with Crippen molar-refractivity contribution >= 4 is 101 Å². The molecule has 0 saturated heterocycles. The van der Waals surface area contributed by atoms with Crippen LogP contribution in [0, 0.1) is 0 Å². The molecule has 0 aliphatic carbocycles. The van der Waals surface area contributed by atoms with E-state index in [0.29, 0.717) is 0 Å². The predicted octanol–water partition coefficient (Wildman–Crippen LogP) is 28.6. The van der Waals surface area contributed by atoms with Crippen LogP contribution in [0.5, 0.6) is 0 Å². The number of hydrogen-bond donors (Lipinski definition) is 0. The summed E-state index contributed by atoms with van der Waals surface area (Å²) >= 11 is 0. The zero-order valence-electron chi connectivity index (χ0n) is 72.8. The number of anilines is 6. The van der Waals surface area contributed by atoms with Gasteiger partial charge in [0.25, 0.3) is 6.71 Å². The Morgan fingerprint density at radius 1 is 0.186 bits per heavy atom. The van der Waals surface area contributed by atoms with Crippen molar-refractivity contribution in [2.45, 2.75) is 236 Å². The highest BCUT2D eigenvalue weighted by Gasteiger charge is 2.45. The molecule has 0 unspecified atom stereocenters. The van der Waals surface area contributed by atoms with Crippen LogP contribution in [0.25, 0.3) is 88.4 Å². The summed E-state index contributed by atoms with van der Waals surface area (Å²) in [5.74, 6) is 0. The SMILES string of the molecule is CC(C)(C)c1ccc(-c2cc3c4c(c2)N(c2ccc(-c5cc(C(C)(C)C)cc(C(C)(C)C)c5)cc2)c2cc(-n5c6ccc(C(C)(C)C)cc6c6cc(C(C)(C)C)ccc65)ccc2B4c2ccc(-n4c5ccc(C(C)(C)C)cc5c5cc(C(C)(C)C)ccc54)cc2N3c2ccc(-c3cc(C(C)(C)C)cc(C(C)(C)C)c3)cc2)cc1. The van der Waals surface area contributed by atoms with Crippen LogP contribution < -0.4 is 26.2 Å². The van der Waals surface area contributed by atoms with Gasteiger partial charge in [-0.1, -0.05) is 308 Å². The fourth-order valence-corrected chi connectivity index (χ4v) is 17.5. The highest BCUT2D eigenvalue weighted by Crippen LogP contribution is 2.51. The first-order chi connectivity index (χ1) is 52.7. The van der Waals surface area contributed by atoms with E-state index in [2.05, 4.69) is 436 Å². The minimum atomic E-state index is -0.188. The Morgan fingerprint density at radius 2 is 0.425 bits per heavy atom. The van der Waals surface area contributed by atoms with Gasteiger partial charge in [-0.3, -0.25) is 0 Å². The Hall–Kier alpha value is -10.1. The van der Waals surface area contributed by atoms with E-state index in [-0.39, 0.29) is 55.4 Å². The lowest BCUT2D eigenvalue weighted by Crippen LogP contribution is -2.61. The van der Waals surface area contributed by atoms with E-state index in [4.69, 9.17) is 0 Å². The van der Waals surface area contributed by atoms with Crippen LogP contribution in [0.3, 0.4) is 0 Å². The van der Waals surface area contributed by atoms with Gasteiger partial charge in [-0.25, -0.2) is 0 Å². The van der Waals surface area contributed by atoms with Gasteiger partial charge in [-0.05, 0) is 258 Å². The summed E-state index contributed by atoms with van der Waals surface area (Å²) in [4.78, 5) is 5.29. The minimum Gasteiger partial charge on any atom is -0.311 e. The maximum absolute atomic E-state index is 2.64. The molecule has 0 bridgehead atoms. The van der Waals surface area contributed by atoms with E-state index in [1.807, 2.05) is 0 Å². The van der Waals surface area contributed by atoms with Crippen molar-refractivity contribution in [1.29, 1.82) is 0 Å². The number of benzene rings is 12. The Kier molecular flexibility index (Phi) is 17.8. The first-order valence-electron chi connectivity index (χ1n) is 41.6. The predicted molar refractivity (Wildman–Crippen MR) is 494 cm³/mol. The third-order valence-corrected chi connectivity index (χ3v) is 24.9. The molecular formula is C108H119BN4. The maximum atomic E-state index is 2.64. The van der Waals surface area contributed by atoms with Crippen molar-refractivity contribution in [3.05, 3.63) is 281 Å². The van der Waals surface area contributed by atoms with Gasteiger partial charge in [0.2, 0.25) is 0 Å². The van der Waals surface area contributed by atoms with Gasteiger partial charge in [-0.2, -0.15) is 0 Å². The molecule has 0 N–H and O–H groups in total. The lowest BCUT2D eigenvalue weighted by atomic mass is 9.33. The van der Waals surface area contributed by atoms with Crippen molar-refractivity contribution in [3.63, 3.8) is 0 Å². The Morgan fingerprint density at radius 3 is 0.690 bits per heavy atom. The van der Waals surface area contributed by atoms with E-state index in [1.165, 1.54) is 138 Å². The van der Waals surface area contributed by atoms with Crippen LogP contribution in [-0.4, -0.2) is 15.8 Å². The molecule has 12 aromatic carbocycles. The Bertz CT molecular complexity index is 5590. The number of fused-ring (bicyclic) bond motifs is 10. The molecule has 4 heterocycles. The third kappa shape index (κ3) is 13.8. The van der Waals surface area contributed by atoms with Gasteiger partial charge >= 0.3 is 0 Å². The second-order valence-electron chi connectivity index (χ2n) is 42.6. The van der Waals surface area contributed by atoms with E-state index >= 15 is 0 Å². The van der Waals surface area contributed by atoms with Crippen molar-refractivity contribution in [2.75, 3.05) is 9.80 Å². The van der Waals surface area contributed by atoms with E-state index in [1.54, 1.807) is 0 Å². The van der Waals surface area contributed by atoms with Crippen LogP contribution in [0.1, 0.15) is 237 Å². The molecule has 0 radical (unpaired) electrons. The van der Waals surface area contributed by atoms with Crippen molar-refractivity contribution < 1.29 is 0 Å². The van der Waals surface area contributed by atoms with E-state index in [9.17, 15) is 0 Å². The number of hydrogen-bond acceptors (Lipinski definition) is 2. The first-order valence-corrected chi connectivity index (χ1v) is 41.6. The monoisotopic (exact) mass is 1480 g/mol. The Labute approximate surface area is 676 Å². The fourth-order valence-electron chi connectivity index (χ4n) is 17.5. The van der Waals surface area contributed by atoms with Crippen LogP contribution in [-0.2, 0) is 48.7 Å². The summed E-state index contributed by atoms with van der Waals surface area (Å²) in [6.07, 6.45) is 0. The van der Waals surface area contributed by atoms with Gasteiger partial charge in [0.1, 0.15) is 0 Å². The van der Waals surface area contributed by atoms with Crippen molar-refractivity contribution in [3.8, 4) is 44.8 Å². The number of aromatic nitrogens is 2. The lowest BCUT2D eigenvalue weighted by Gasteiger charge is -2.44. The summed E-state index contributed by atoms with van der Waals surface area (Å²) in [7, 11) is 0. The van der Waals surface area contributed by atoms with Crippen molar-refractivity contribution in [1.82, 2.24) is 9.13 Å². The van der Waals surface area contributed by atoms with Crippen molar-refractivity contribution in [2.24, 2.45) is 0 Å². The van der Waals surface area contributed by atoms with Gasteiger partial charge in [0, 0.05) is 67.0 Å². The van der Waals surface area contributed by atoms with E-state index < -0.39 is 0 Å². The molecule has 574 valence electrons. The molecule has 0 spiro atoms. The zero-order valence-corrected chi connectivity index (χ0v) is 72.8. The average Bonchev–Trinajstić information content (AvgIpc) is 1.19. The smallest absolute Gasteiger partial charge is 0.252 e. The van der Waals surface area contributed by atoms with Gasteiger partial charge < -0.3 is 18.9 Å². The molecule has 4 nitrogen and oxygen atoms in total. The van der Waals surface area contributed by atoms with Gasteiger partial charge in [-0.15, -0.1) is 0 Å². The average molecular weight is 1480 g/mol. The molecule has 2 aromatic heterocycles. The maximum Gasteiger partial charge on any atom is 0.252 e. The summed E-state index contributed by atoms with van der Waals surface area (Å²) < 4.78 is 5.12. The highest BCUT2D eigenvalue weighted by atomic mass is 15.2. The molecule has 2 aliphatic rings. The van der Waals surface area contributed by atoms with Crippen LogP contribution in [0.2, 0.25) is 0 Å². The molecule has 5 heteroatoms. The summed E-state index contributed by atoms with van der Waals surface area (Å²) in [5.41, 5.74) is 36.5. The normalized spacial score (nSPS) is 13.9. The standard InChI is InChI=1S/C108H119BN4/c1-100(2,3)72-34-28-66(29-35-72)71-56-97-99-98(57-71)111(82-42-32-68(33-43-82)70-54-79(107(22,23)24)59-80(55-70)108(25,26)27)96-65-84(113-93-50-38-75(103(10,11)12)62-87(93)88-63-76(104(13,14)15)39-51-94(88)113)45-47-90(96)109(99)89-46-44-83(112-91-48-36-73(101(4,5)6)60-85(91)86-61-74(102(7,8)9)37-49-92(86)112)64-95(89)110(97)81-40-30-67(31-41-81)69-52-77(105(16,17)18)58-78(53-69)106(19,20)21/h28-65H,1-27H3. The second-order valence-corrected chi connectivity index (χ2v) is 42.6. The molecule has 0 saturated carbocycles. The quantitative estimate of drug-likeness (QED) is 0.148. The molecule has 14 aromatic rings.